The first-order valence-electron chi connectivity index (χ1n) is 5.29. The average Bonchev–Trinajstić information content (AvgIpc) is 2.17. The number of benzene rings is 1. The summed E-state index contributed by atoms with van der Waals surface area (Å²) in [5, 5.41) is 0. The first kappa shape index (κ1) is 14.3. The van der Waals surface area contributed by atoms with Gasteiger partial charge in [0.25, 0.3) is 0 Å². The molecule has 100 valence electrons. The number of aliphatic imine (C=N–C) groups is 1. The van der Waals surface area contributed by atoms with Crippen LogP contribution in [0.2, 0.25) is 0 Å². The Morgan fingerprint density at radius 3 is 2.22 bits per heavy atom. The lowest BCUT2D eigenvalue weighted by atomic mass is 9.95. The molecule has 0 aliphatic carbocycles. The Kier molecular flexibility index (Phi) is 3.88. The van der Waals surface area contributed by atoms with Crippen molar-refractivity contribution in [2.24, 2.45) is 16.1 Å². The molecule has 0 amide bonds. The fraction of sp³-hybridized carbons (Fsp3) is 0.417. The highest BCUT2D eigenvalue weighted by atomic mass is 19.4. The summed E-state index contributed by atoms with van der Waals surface area (Å²) in [4.78, 5) is 3.98. The Morgan fingerprint density at radius 2 is 1.72 bits per heavy atom. The molecule has 1 aromatic carbocycles. The first-order valence-corrected chi connectivity index (χ1v) is 5.29. The minimum Gasteiger partial charge on any atom is -0.403 e. The van der Waals surface area contributed by atoms with Crippen molar-refractivity contribution in [2.45, 2.75) is 27.1 Å². The van der Waals surface area contributed by atoms with Gasteiger partial charge in [0, 0.05) is 5.41 Å². The van der Waals surface area contributed by atoms with Gasteiger partial charge in [0.15, 0.2) is 5.75 Å². The summed E-state index contributed by atoms with van der Waals surface area (Å²) in [7, 11) is 0. The molecule has 0 spiro atoms. The van der Waals surface area contributed by atoms with Gasteiger partial charge in [-0.25, -0.2) is 4.99 Å². The van der Waals surface area contributed by atoms with E-state index < -0.39 is 11.8 Å². The van der Waals surface area contributed by atoms with E-state index in [-0.39, 0.29) is 17.3 Å². The number of hydrogen-bond acceptors (Lipinski definition) is 2. The Hall–Kier alpha value is -1.72. The van der Waals surface area contributed by atoms with Crippen molar-refractivity contribution in [1.29, 1.82) is 0 Å². The maximum Gasteiger partial charge on any atom is 0.573 e. The molecule has 18 heavy (non-hydrogen) atoms. The van der Waals surface area contributed by atoms with Crippen LogP contribution in [0, 0.1) is 5.41 Å². The first-order chi connectivity index (χ1) is 8.09. The van der Waals surface area contributed by atoms with Crippen molar-refractivity contribution >= 4 is 11.5 Å². The predicted molar refractivity (Wildman–Crippen MR) is 63.9 cm³/mol. The second kappa shape index (κ2) is 4.88. The third kappa shape index (κ3) is 4.27. The molecule has 6 heteroatoms. The number of nitrogens with two attached hydrogens (primary N) is 1. The lowest BCUT2D eigenvalue weighted by molar-refractivity contribution is -0.274. The zero-order valence-electron chi connectivity index (χ0n) is 10.4. The lowest BCUT2D eigenvalue weighted by Crippen LogP contribution is -2.28. The van der Waals surface area contributed by atoms with Gasteiger partial charge < -0.3 is 10.5 Å². The predicted octanol–water partition coefficient (Wildman–Crippen LogP) is 3.62. The third-order valence-corrected chi connectivity index (χ3v) is 2.10. The van der Waals surface area contributed by atoms with Crippen LogP contribution in [0.1, 0.15) is 20.8 Å². The van der Waals surface area contributed by atoms with E-state index in [1.807, 2.05) is 20.8 Å². The van der Waals surface area contributed by atoms with Gasteiger partial charge in [-0.1, -0.05) is 32.9 Å². The number of hydrogen-bond donors (Lipinski definition) is 1. The monoisotopic (exact) mass is 260 g/mol. The van der Waals surface area contributed by atoms with E-state index in [1.165, 1.54) is 18.2 Å². The van der Waals surface area contributed by atoms with Crippen molar-refractivity contribution in [3.63, 3.8) is 0 Å². The zero-order valence-corrected chi connectivity index (χ0v) is 10.4. The van der Waals surface area contributed by atoms with E-state index in [0.29, 0.717) is 0 Å². The largest absolute Gasteiger partial charge is 0.573 e. The second-order valence-electron chi connectivity index (χ2n) is 4.76. The lowest BCUT2D eigenvalue weighted by Gasteiger charge is -2.18. The Bertz CT molecular complexity index is 447. The SMILES string of the molecule is CC(C)(C)C(N)=Nc1ccccc1OC(F)(F)F. The second-order valence-corrected chi connectivity index (χ2v) is 4.76. The van der Waals surface area contributed by atoms with Gasteiger partial charge in [0.2, 0.25) is 0 Å². The molecule has 0 aliphatic heterocycles. The fourth-order valence-electron chi connectivity index (χ4n) is 1.06. The minimum atomic E-state index is -4.75. The molecule has 1 rings (SSSR count). The summed E-state index contributed by atoms with van der Waals surface area (Å²) in [6.07, 6.45) is -4.75. The maximum atomic E-state index is 12.2. The van der Waals surface area contributed by atoms with Crippen molar-refractivity contribution in [3.05, 3.63) is 24.3 Å². The van der Waals surface area contributed by atoms with Crippen LogP contribution in [0.25, 0.3) is 0 Å². The third-order valence-electron chi connectivity index (χ3n) is 2.10. The van der Waals surface area contributed by atoms with E-state index >= 15 is 0 Å². The smallest absolute Gasteiger partial charge is 0.403 e. The van der Waals surface area contributed by atoms with Crippen LogP contribution in [0.4, 0.5) is 18.9 Å². The molecule has 0 unspecified atom stereocenters. The van der Waals surface area contributed by atoms with Gasteiger partial charge in [-0.3, -0.25) is 0 Å². The van der Waals surface area contributed by atoms with Crippen molar-refractivity contribution in [3.8, 4) is 5.75 Å². The quantitative estimate of drug-likeness (QED) is 0.652. The van der Waals surface area contributed by atoms with E-state index in [2.05, 4.69) is 9.73 Å². The van der Waals surface area contributed by atoms with Crippen molar-refractivity contribution in [2.75, 3.05) is 0 Å². The Labute approximate surface area is 103 Å². The highest BCUT2D eigenvalue weighted by molar-refractivity contribution is 5.88. The molecule has 0 bridgehead atoms. The van der Waals surface area contributed by atoms with Crippen LogP contribution >= 0.6 is 0 Å². The number of para-hydroxylation sites is 2. The zero-order chi connectivity index (χ0) is 14.0. The number of halogens is 3. The molecule has 0 heterocycles. The highest BCUT2D eigenvalue weighted by Crippen LogP contribution is 2.32. The molecular formula is C12H15F3N2O. The highest BCUT2D eigenvalue weighted by Gasteiger charge is 2.32. The topological polar surface area (TPSA) is 47.6 Å². The summed E-state index contributed by atoms with van der Waals surface area (Å²) < 4.78 is 40.5. The summed E-state index contributed by atoms with van der Waals surface area (Å²) in [6.45, 7) is 5.46. The maximum absolute atomic E-state index is 12.2. The molecule has 0 radical (unpaired) electrons. The molecule has 0 aliphatic rings. The van der Waals surface area contributed by atoms with Crippen LogP contribution in [-0.2, 0) is 0 Å². The average molecular weight is 260 g/mol. The van der Waals surface area contributed by atoms with Crippen LogP contribution in [0.15, 0.2) is 29.3 Å². The molecule has 0 saturated carbocycles. The number of alkyl halides is 3. The summed E-state index contributed by atoms with van der Waals surface area (Å²) in [5.41, 5.74) is 5.36. The van der Waals surface area contributed by atoms with Gasteiger partial charge in [0.05, 0.1) is 0 Å². The number of nitrogens with zero attached hydrogens (tertiary/aromatic N) is 1. The summed E-state index contributed by atoms with van der Waals surface area (Å²) in [5.74, 6) is -0.127. The van der Waals surface area contributed by atoms with Gasteiger partial charge in [0.1, 0.15) is 11.5 Å². The molecule has 2 N–H and O–H groups in total. The van der Waals surface area contributed by atoms with Crippen molar-refractivity contribution < 1.29 is 17.9 Å². The standard InChI is InChI=1S/C12H15F3N2O/c1-11(2,3)10(16)17-8-6-4-5-7-9(8)18-12(13,14)15/h4-7H,1-3H3,(H2,16,17). The molecule has 0 aromatic heterocycles. The minimum absolute atomic E-state index is 0.0576. The molecule has 0 saturated heterocycles. The number of ether oxygens (including phenoxy) is 1. The molecule has 1 aromatic rings. The van der Waals surface area contributed by atoms with Gasteiger partial charge in [-0.15, -0.1) is 13.2 Å². The molecule has 3 nitrogen and oxygen atoms in total. The summed E-state index contributed by atoms with van der Waals surface area (Å²) >= 11 is 0. The summed E-state index contributed by atoms with van der Waals surface area (Å²) in [6, 6.07) is 5.62. The van der Waals surface area contributed by atoms with E-state index in [4.69, 9.17) is 5.73 Å². The van der Waals surface area contributed by atoms with Crippen LogP contribution in [0.5, 0.6) is 5.75 Å². The van der Waals surface area contributed by atoms with Gasteiger partial charge in [-0.2, -0.15) is 0 Å². The van der Waals surface area contributed by atoms with E-state index in [9.17, 15) is 13.2 Å². The van der Waals surface area contributed by atoms with E-state index in [0.717, 1.165) is 0 Å². The van der Waals surface area contributed by atoms with Crippen molar-refractivity contribution in [1.82, 2.24) is 0 Å². The molecule has 0 fully saturated rings. The number of rotatable bonds is 2. The molecular weight excluding hydrogens is 245 g/mol. The van der Waals surface area contributed by atoms with Gasteiger partial charge in [-0.05, 0) is 12.1 Å². The molecule has 0 atom stereocenters. The Balaban J connectivity index is 3.11. The van der Waals surface area contributed by atoms with Gasteiger partial charge >= 0.3 is 6.36 Å². The Morgan fingerprint density at radius 1 is 1.17 bits per heavy atom. The van der Waals surface area contributed by atoms with Crippen LogP contribution < -0.4 is 10.5 Å². The fourth-order valence-corrected chi connectivity index (χ4v) is 1.06. The number of amidine groups is 1. The normalized spacial score (nSPS) is 13.6. The van der Waals surface area contributed by atoms with E-state index in [1.54, 1.807) is 6.07 Å². The van der Waals surface area contributed by atoms with Crippen LogP contribution in [0.3, 0.4) is 0 Å². The van der Waals surface area contributed by atoms with Crippen LogP contribution in [-0.4, -0.2) is 12.2 Å².